The van der Waals surface area contributed by atoms with Gasteiger partial charge in [0, 0.05) is 6.20 Å². The van der Waals surface area contributed by atoms with Crippen molar-refractivity contribution in [1.29, 1.82) is 0 Å². The van der Waals surface area contributed by atoms with Crippen LogP contribution in [0.4, 0.5) is 18.0 Å². The standard InChI is InChI=1S/C7H8F3N3O2/c8-7(9,10)3-15-6(14)12-2-5-1-11-4-13-5/h1,4H,2-3H2,(H,11,13)(H,12,14). The number of imidazole rings is 1. The molecule has 2 N–H and O–H groups in total. The van der Waals surface area contributed by atoms with Crippen molar-refractivity contribution >= 4 is 6.09 Å². The van der Waals surface area contributed by atoms with E-state index in [0.717, 1.165) is 0 Å². The Morgan fingerprint density at radius 2 is 2.33 bits per heavy atom. The topological polar surface area (TPSA) is 67.0 Å². The van der Waals surface area contributed by atoms with Crippen molar-refractivity contribution in [2.45, 2.75) is 12.7 Å². The molecule has 0 saturated carbocycles. The number of hydrogen-bond acceptors (Lipinski definition) is 3. The van der Waals surface area contributed by atoms with E-state index in [-0.39, 0.29) is 6.54 Å². The van der Waals surface area contributed by atoms with Crippen molar-refractivity contribution in [1.82, 2.24) is 15.3 Å². The van der Waals surface area contributed by atoms with Gasteiger partial charge in [0.1, 0.15) is 0 Å². The number of rotatable bonds is 3. The summed E-state index contributed by atoms with van der Waals surface area (Å²) in [5.41, 5.74) is 0.568. The highest BCUT2D eigenvalue weighted by Gasteiger charge is 2.29. The molecule has 15 heavy (non-hydrogen) atoms. The molecule has 0 atom stereocenters. The molecular formula is C7H8F3N3O2. The van der Waals surface area contributed by atoms with Gasteiger partial charge < -0.3 is 15.0 Å². The summed E-state index contributed by atoms with van der Waals surface area (Å²) in [5.74, 6) is 0. The number of nitrogens with zero attached hydrogens (tertiary/aromatic N) is 1. The number of aromatic amines is 1. The molecule has 1 aromatic rings. The number of halogens is 3. The van der Waals surface area contributed by atoms with Crippen LogP contribution in [0.1, 0.15) is 5.69 Å². The van der Waals surface area contributed by atoms with Gasteiger partial charge in [-0.15, -0.1) is 0 Å². The Labute approximate surface area is 82.6 Å². The molecule has 84 valence electrons. The van der Waals surface area contributed by atoms with Gasteiger partial charge in [-0.05, 0) is 0 Å². The molecule has 5 nitrogen and oxygen atoms in total. The van der Waals surface area contributed by atoms with Gasteiger partial charge in [-0.25, -0.2) is 9.78 Å². The minimum Gasteiger partial charge on any atom is -0.440 e. The van der Waals surface area contributed by atoms with E-state index in [1.165, 1.54) is 12.5 Å². The van der Waals surface area contributed by atoms with E-state index in [1.807, 2.05) is 0 Å². The van der Waals surface area contributed by atoms with E-state index in [1.54, 1.807) is 0 Å². The monoisotopic (exact) mass is 223 g/mol. The zero-order valence-electron chi connectivity index (χ0n) is 7.47. The lowest BCUT2D eigenvalue weighted by Crippen LogP contribution is -2.28. The van der Waals surface area contributed by atoms with Crippen LogP contribution in [-0.2, 0) is 11.3 Å². The van der Waals surface area contributed by atoms with Gasteiger partial charge in [0.05, 0.1) is 18.6 Å². The zero-order chi connectivity index (χ0) is 11.3. The first-order valence-corrected chi connectivity index (χ1v) is 3.92. The maximum Gasteiger partial charge on any atom is 0.422 e. The Kier molecular flexibility index (Phi) is 3.53. The summed E-state index contributed by atoms with van der Waals surface area (Å²) in [7, 11) is 0. The summed E-state index contributed by atoms with van der Waals surface area (Å²) in [6.07, 6.45) is -2.81. The first-order chi connectivity index (χ1) is 6.97. The number of carbonyl (C=O) groups excluding carboxylic acids is 1. The van der Waals surface area contributed by atoms with Gasteiger partial charge in [0.25, 0.3) is 0 Å². The Morgan fingerprint density at radius 1 is 1.60 bits per heavy atom. The number of carbonyl (C=O) groups is 1. The van der Waals surface area contributed by atoms with Gasteiger partial charge in [0.2, 0.25) is 0 Å². The normalized spacial score (nSPS) is 11.1. The lowest BCUT2D eigenvalue weighted by molar-refractivity contribution is -0.160. The second kappa shape index (κ2) is 4.67. The second-order valence-electron chi connectivity index (χ2n) is 2.62. The minimum atomic E-state index is -4.51. The lowest BCUT2D eigenvalue weighted by Gasteiger charge is -2.08. The number of nitrogens with one attached hydrogen (secondary N) is 2. The molecule has 0 unspecified atom stereocenters. The first-order valence-electron chi connectivity index (χ1n) is 3.92. The number of ether oxygens (including phenoxy) is 1. The molecule has 0 radical (unpaired) electrons. The van der Waals surface area contributed by atoms with E-state index >= 15 is 0 Å². The highest BCUT2D eigenvalue weighted by Crippen LogP contribution is 2.14. The predicted octanol–water partition coefficient (Wildman–Crippen LogP) is 1.20. The maximum absolute atomic E-state index is 11.6. The molecule has 1 heterocycles. The molecule has 0 aliphatic carbocycles. The van der Waals surface area contributed by atoms with Crippen LogP contribution >= 0.6 is 0 Å². The highest BCUT2D eigenvalue weighted by molar-refractivity contribution is 5.67. The predicted molar refractivity (Wildman–Crippen MR) is 42.8 cm³/mol. The van der Waals surface area contributed by atoms with Gasteiger partial charge in [-0.1, -0.05) is 0 Å². The van der Waals surface area contributed by atoms with Crippen LogP contribution in [0.3, 0.4) is 0 Å². The maximum atomic E-state index is 11.6. The number of alkyl carbamates (subject to hydrolysis) is 1. The van der Waals surface area contributed by atoms with E-state index in [4.69, 9.17) is 0 Å². The van der Waals surface area contributed by atoms with Crippen molar-refractivity contribution in [3.63, 3.8) is 0 Å². The molecule has 1 rings (SSSR count). The molecule has 8 heteroatoms. The third-order valence-electron chi connectivity index (χ3n) is 1.34. The molecule has 0 fully saturated rings. The summed E-state index contributed by atoms with van der Waals surface area (Å²) < 4.78 is 38.7. The quantitative estimate of drug-likeness (QED) is 0.808. The van der Waals surface area contributed by atoms with E-state index in [9.17, 15) is 18.0 Å². The lowest BCUT2D eigenvalue weighted by atomic mass is 10.5. The minimum absolute atomic E-state index is 0.0384. The molecule has 0 spiro atoms. The van der Waals surface area contributed by atoms with Gasteiger partial charge in [-0.3, -0.25) is 0 Å². The summed E-state index contributed by atoms with van der Waals surface area (Å²) >= 11 is 0. The fourth-order valence-electron chi connectivity index (χ4n) is 0.747. The van der Waals surface area contributed by atoms with Crippen LogP contribution in [0.25, 0.3) is 0 Å². The van der Waals surface area contributed by atoms with Crippen molar-refractivity contribution in [2.75, 3.05) is 6.61 Å². The number of hydrogen-bond donors (Lipinski definition) is 2. The van der Waals surface area contributed by atoms with Gasteiger partial charge in [-0.2, -0.15) is 13.2 Å². The number of H-pyrrole nitrogens is 1. The highest BCUT2D eigenvalue weighted by atomic mass is 19.4. The third kappa shape index (κ3) is 4.89. The van der Waals surface area contributed by atoms with Crippen LogP contribution in [-0.4, -0.2) is 28.8 Å². The van der Waals surface area contributed by atoms with Crippen LogP contribution < -0.4 is 5.32 Å². The summed E-state index contributed by atoms with van der Waals surface area (Å²) in [6.45, 7) is -1.56. The van der Waals surface area contributed by atoms with Crippen molar-refractivity contribution in [3.8, 4) is 0 Å². The van der Waals surface area contributed by atoms with E-state index < -0.39 is 18.9 Å². The molecular weight excluding hydrogens is 215 g/mol. The Morgan fingerprint density at radius 3 is 2.87 bits per heavy atom. The van der Waals surface area contributed by atoms with Crippen molar-refractivity contribution in [2.24, 2.45) is 0 Å². The van der Waals surface area contributed by atoms with Crippen LogP contribution in [0, 0.1) is 0 Å². The number of alkyl halides is 3. The summed E-state index contributed by atoms with van der Waals surface area (Å²) in [5, 5.41) is 2.13. The Balaban J connectivity index is 2.20. The smallest absolute Gasteiger partial charge is 0.422 e. The fourth-order valence-corrected chi connectivity index (χ4v) is 0.747. The Bertz CT molecular complexity index is 310. The van der Waals surface area contributed by atoms with Gasteiger partial charge in [0.15, 0.2) is 6.61 Å². The van der Waals surface area contributed by atoms with E-state index in [0.29, 0.717) is 5.69 Å². The number of amides is 1. The average Bonchev–Trinajstić information content (AvgIpc) is 2.62. The van der Waals surface area contributed by atoms with Gasteiger partial charge >= 0.3 is 12.3 Å². The first kappa shape index (κ1) is 11.3. The summed E-state index contributed by atoms with van der Waals surface area (Å²) in [4.78, 5) is 17.0. The summed E-state index contributed by atoms with van der Waals surface area (Å²) in [6, 6.07) is 0. The van der Waals surface area contributed by atoms with Crippen LogP contribution in [0.15, 0.2) is 12.5 Å². The molecule has 1 aromatic heterocycles. The third-order valence-corrected chi connectivity index (χ3v) is 1.34. The van der Waals surface area contributed by atoms with Crippen molar-refractivity contribution < 1.29 is 22.7 Å². The Hall–Kier alpha value is -1.73. The second-order valence-corrected chi connectivity index (χ2v) is 2.62. The van der Waals surface area contributed by atoms with Crippen LogP contribution in [0.5, 0.6) is 0 Å². The zero-order valence-corrected chi connectivity index (χ0v) is 7.47. The molecule has 0 aromatic carbocycles. The molecule has 1 amide bonds. The molecule has 0 aliphatic rings. The van der Waals surface area contributed by atoms with E-state index in [2.05, 4.69) is 20.0 Å². The molecule has 0 saturated heterocycles. The average molecular weight is 223 g/mol. The fraction of sp³-hybridized carbons (Fsp3) is 0.429. The van der Waals surface area contributed by atoms with Crippen LogP contribution in [0.2, 0.25) is 0 Å². The molecule has 0 aliphatic heterocycles. The molecule has 0 bridgehead atoms. The largest absolute Gasteiger partial charge is 0.440 e. The number of aromatic nitrogens is 2. The van der Waals surface area contributed by atoms with Crippen molar-refractivity contribution in [3.05, 3.63) is 18.2 Å². The SMILES string of the molecule is O=C(NCc1cnc[nH]1)OCC(F)(F)F.